The summed E-state index contributed by atoms with van der Waals surface area (Å²) in [5.74, 6) is 0.117. The molecule has 2 rings (SSSR count). The van der Waals surface area contributed by atoms with E-state index in [9.17, 15) is 9.50 Å². The average molecular weight is 261 g/mol. The minimum atomic E-state index is -0.377. The number of phenolic OH excluding ortho intramolecular Hbond substituents is 1. The third-order valence-electron chi connectivity index (χ3n) is 2.66. The minimum Gasteiger partial charge on any atom is -0.508 e. The van der Waals surface area contributed by atoms with E-state index in [1.807, 2.05) is 19.1 Å². The smallest absolute Gasteiger partial charge is 0.167 e. The Kier molecular flexibility index (Phi) is 4.23. The number of anilines is 1. The standard InChI is InChI=1S/C15H16FNO2/c1-2-19-15-8-5-12(9-14(15)16)17-10-11-3-6-13(18)7-4-11/h3-9,17-18H,2,10H2,1H3. The van der Waals surface area contributed by atoms with Crippen molar-refractivity contribution in [3.8, 4) is 11.5 Å². The monoisotopic (exact) mass is 261 g/mol. The number of phenols is 1. The van der Waals surface area contributed by atoms with Gasteiger partial charge in [0.05, 0.1) is 6.61 Å². The number of halogens is 1. The number of ether oxygens (including phenoxy) is 1. The quantitative estimate of drug-likeness (QED) is 0.865. The summed E-state index contributed by atoms with van der Waals surface area (Å²) in [6.45, 7) is 2.82. The van der Waals surface area contributed by atoms with Crippen LogP contribution in [0.3, 0.4) is 0 Å². The summed E-state index contributed by atoms with van der Waals surface area (Å²) >= 11 is 0. The fourth-order valence-corrected chi connectivity index (χ4v) is 1.70. The molecule has 0 bridgehead atoms. The van der Waals surface area contributed by atoms with Gasteiger partial charge in [-0.3, -0.25) is 0 Å². The van der Waals surface area contributed by atoms with E-state index < -0.39 is 0 Å². The van der Waals surface area contributed by atoms with Gasteiger partial charge in [0.25, 0.3) is 0 Å². The van der Waals surface area contributed by atoms with Gasteiger partial charge in [-0.25, -0.2) is 4.39 Å². The zero-order valence-corrected chi connectivity index (χ0v) is 10.7. The first-order valence-corrected chi connectivity index (χ1v) is 6.13. The van der Waals surface area contributed by atoms with Gasteiger partial charge < -0.3 is 15.2 Å². The summed E-state index contributed by atoms with van der Waals surface area (Å²) in [5.41, 5.74) is 1.70. The van der Waals surface area contributed by atoms with Crippen LogP contribution in [-0.4, -0.2) is 11.7 Å². The van der Waals surface area contributed by atoms with E-state index in [2.05, 4.69) is 5.32 Å². The van der Waals surface area contributed by atoms with E-state index in [0.29, 0.717) is 18.8 Å². The van der Waals surface area contributed by atoms with Crippen LogP contribution in [0.4, 0.5) is 10.1 Å². The number of rotatable bonds is 5. The SMILES string of the molecule is CCOc1ccc(NCc2ccc(O)cc2)cc1F. The molecule has 2 aromatic rings. The Bertz CT molecular complexity index is 540. The number of aromatic hydroxyl groups is 1. The van der Waals surface area contributed by atoms with Crippen LogP contribution >= 0.6 is 0 Å². The first kappa shape index (κ1) is 13.2. The van der Waals surface area contributed by atoms with Crippen LogP contribution in [0.5, 0.6) is 11.5 Å². The molecule has 3 nitrogen and oxygen atoms in total. The number of hydrogen-bond acceptors (Lipinski definition) is 3. The third kappa shape index (κ3) is 3.61. The lowest BCUT2D eigenvalue weighted by Gasteiger charge is -2.09. The van der Waals surface area contributed by atoms with Crippen LogP contribution in [-0.2, 0) is 6.54 Å². The van der Waals surface area contributed by atoms with Crippen LogP contribution < -0.4 is 10.1 Å². The fraction of sp³-hybridized carbons (Fsp3) is 0.200. The Morgan fingerprint density at radius 3 is 2.53 bits per heavy atom. The predicted molar refractivity (Wildman–Crippen MR) is 73.0 cm³/mol. The lowest BCUT2D eigenvalue weighted by molar-refractivity contribution is 0.321. The van der Waals surface area contributed by atoms with Crippen LogP contribution in [0.1, 0.15) is 12.5 Å². The maximum Gasteiger partial charge on any atom is 0.167 e. The molecule has 0 aromatic heterocycles. The molecule has 19 heavy (non-hydrogen) atoms. The normalized spacial score (nSPS) is 10.2. The van der Waals surface area contributed by atoms with Crippen molar-refractivity contribution in [2.24, 2.45) is 0 Å². The number of benzene rings is 2. The second-order valence-electron chi connectivity index (χ2n) is 4.10. The van der Waals surface area contributed by atoms with E-state index >= 15 is 0 Å². The van der Waals surface area contributed by atoms with Gasteiger partial charge in [-0.05, 0) is 36.8 Å². The highest BCUT2D eigenvalue weighted by molar-refractivity contribution is 5.47. The average Bonchev–Trinajstić information content (AvgIpc) is 2.41. The predicted octanol–water partition coefficient (Wildman–Crippen LogP) is 3.54. The molecule has 0 aliphatic rings. The molecule has 0 saturated carbocycles. The first-order valence-electron chi connectivity index (χ1n) is 6.13. The number of hydrogen-bond donors (Lipinski definition) is 2. The molecule has 0 atom stereocenters. The van der Waals surface area contributed by atoms with Crippen LogP contribution in [0.2, 0.25) is 0 Å². The maximum atomic E-state index is 13.6. The van der Waals surface area contributed by atoms with Gasteiger partial charge in [0, 0.05) is 18.3 Å². The van der Waals surface area contributed by atoms with E-state index in [-0.39, 0.29) is 17.3 Å². The second-order valence-corrected chi connectivity index (χ2v) is 4.10. The molecule has 0 unspecified atom stereocenters. The van der Waals surface area contributed by atoms with Gasteiger partial charge in [-0.1, -0.05) is 12.1 Å². The summed E-state index contributed by atoms with van der Waals surface area (Å²) in [6.07, 6.45) is 0. The molecule has 0 spiro atoms. The fourth-order valence-electron chi connectivity index (χ4n) is 1.70. The molecular weight excluding hydrogens is 245 g/mol. The molecule has 0 aliphatic heterocycles. The Morgan fingerprint density at radius 2 is 1.89 bits per heavy atom. The zero-order valence-electron chi connectivity index (χ0n) is 10.7. The topological polar surface area (TPSA) is 41.5 Å². The second kappa shape index (κ2) is 6.09. The van der Waals surface area contributed by atoms with Gasteiger partial charge in [0.1, 0.15) is 5.75 Å². The molecule has 100 valence electrons. The third-order valence-corrected chi connectivity index (χ3v) is 2.66. The van der Waals surface area contributed by atoms with Gasteiger partial charge >= 0.3 is 0 Å². The van der Waals surface area contributed by atoms with Crippen LogP contribution in [0.25, 0.3) is 0 Å². The number of nitrogens with one attached hydrogen (secondary N) is 1. The van der Waals surface area contributed by atoms with E-state index in [1.165, 1.54) is 6.07 Å². The largest absolute Gasteiger partial charge is 0.508 e. The van der Waals surface area contributed by atoms with Crippen LogP contribution in [0.15, 0.2) is 42.5 Å². The molecule has 0 amide bonds. The van der Waals surface area contributed by atoms with Crippen molar-refractivity contribution >= 4 is 5.69 Å². The molecule has 0 fully saturated rings. The van der Waals surface area contributed by atoms with Crippen LogP contribution in [0, 0.1) is 5.82 Å². The van der Waals surface area contributed by atoms with E-state index in [0.717, 1.165) is 5.56 Å². The lowest BCUT2D eigenvalue weighted by atomic mass is 10.2. The van der Waals surface area contributed by atoms with Crippen molar-refractivity contribution in [3.05, 3.63) is 53.8 Å². The summed E-state index contributed by atoms with van der Waals surface area (Å²) in [6, 6.07) is 11.7. The van der Waals surface area contributed by atoms with Gasteiger partial charge in [0.2, 0.25) is 0 Å². The van der Waals surface area contributed by atoms with Crippen molar-refractivity contribution in [1.82, 2.24) is 0 Å². The molecule has 2 aromatic carbocycles. The molecule has 0 heterocycles. The van der Waals surface area contributed by atoms with Crippen molar-refractivity contribution in [2.75, 3.05) is 11.9 Å². The molecule has 0 radical (unpaired) electrons. The van der Waals surface area contributed by atoms with Gasteiger partial charge in [-0.15, -0.1) is 0 Å². The summed E-state index contributed by atoms with van der Waals surface area (Å²) in [7, 11) is 0. The highest BCUT2D eigenvalue weighted by Crippen LogP contribution is 2.21. The molecule has 2 N–H and O–H groups in total. The van der Waals surface area contributed by atoms with Gasteiger partial charge in [0.15, 0.2) is 11.6 Å². The highest BCUT2D eigenvalue weighted by atomic mass is 19.1. The van der Waals surface area contributed by atoms with Crippen molar-refractivity contribution in [2.45, 2.75) is 13.5 Å². The minimum absolute atomic E-state index is 0.232. The highest BCUT2D eigenvalue weighted by Gasteiger charge is 2.04. The van der Waals surface area contributed by atoms with Gasteiger partial charge in [-0.2, -0.15) is 0 Å². The van der Waals surface area contributed by atoms with Crippen molar-refractivity contribution in [3.63, 3.8) is 0 Å². The Morgan fingerprint density at radius 1 is 1.16 bits per heavy atom. The summed E-state index contributed by atoms with van der Waals surface area (Å²) in [5, 5.41) is 12.3. The van der Waals surface area contributed by atoms with E-state index in [1.54, 1.807) is 24.3 Å². The Labute approximate surface area is 111 Å². The van der Waals surface area contributed by atoms with Crippen molar-refractivity contribution in [1.29, 1.82) is 0 Å². The van der Waals surface area contributed by atoms with E-state index in [4.69, 9.17) is 4.74 Å². The zero-order chi connectivity index (χ0) is 13.7. The maximum absolute atomic E-state index is 13.6. The Balaban J connectivity index is 1.99. The molecule has 0 aliphatic carbocycles. The molecule has 0 saturated heterocycles. The first-order chi connectivity index (χ1) is 9.19. The van der Waals surface area contributed by atoms with Crippen molar-refractivity contribution < 1.29 is 14.2 Å². The Hall–Kier alpha value is -2.23. The summed E-state index contributed by atoms with van der Waals surface area (Å²) < 4.78 is 18.8. The summed E-state index contributed by atoms with van der Waals surface area (Å²) in [4.78, 5) is 0. The molecule has 4 heteroatoms. The molecular formula is C15H16FNO2. The lowest BCUT2D eigenvalue weighted by Crippen LogP contribution is -2.00.